The first-order valence-electron chi connectivity index (χ1n) is 7.06. The Morgan fingerprint density at radius 1 is 1.37 bits per heavy atom. The zero-order chi connectivity index (χ0) is 14.4. The molecule has 0 saturated heterocycles. The van der Waals surface area contributed by atoms with Gasteiger partial charge in [0.25, 0.3) is 0 Å². The minimum atomic E-state index is 0.229. The molecule has 0 spiro atoms. The lowest BCUT2D eigenvalue weighted by atomic mass is 10.0. The first-order valence-corrected chi connectivity index (χ1v) is 7.86. The Morgan fingerprint density at radius 2 is 2.05 bits per heavy atom. The Kier molecular flexibility index (Phi) is 7.04. The smallest absolute Gasteiger partial charge is 0.0738 e. The molecule has 0 radical (unpaired) electrons. The molecule has 0 aliphatic heterocycles. The predicted molar refractivity (Wildman–Crippen MR) is 82.6 cm³/mol. The Labute approximate surface area is 125 Å². The molecule has 0 saturated carbocycles. The highest BCUT2D eigenvalue weighted by molar-refractivity contribution is 9.10. The number of ether oxygens (including phenoxy) is 1. The summed E-state index contributed by atoms with van der Waals surface area (Å²) in [5.41, 5.74) is 2.30. The summed E-state index contributed by atoms with van der Waals surface area (Å²) in [4.78, 5) is 0. The van der Waals surface area contributed by atoms with E-state index in [9.17, 15) is 0 Å². The number of rotatable bonds is 8. The van der Waals surface area contributed by atoms with Gasteiger partial charge in [-0.1, -0.05) is 13.8 Å². The summed E-state index contributed by atoms with van der Waals surface area (Å²) < 4.78 is 8.80. The lowest BCUT2D eigenvalue weighted by molar-refractivity contribution is 0.0651. The van der Waals surface area contributed by atoms with Gasteiger partial charge in [0.2, 0.25) is 0 Å². The second kappa shape index (κ2) is 8.02. The number of hydrogen-bond acceptors (Lipinski definition) is 3. The van der Waals surface area contributed by atoms with Crippen LogP contribution in [-0.2, 0) is 17.7 Å². The highest BCUT2D eigenvalue weighted by atomic mass is 79.9. The molecule has 0 fully saturated rings. The molecular weight excluding hydrogens is 306 g/mol. The van der Waals surface area contributed by atoms with Crippen LogP contribution in [0.2, 0.25) is 0 Å². The van der Waals surface area contributed by atoms with E-state index in [1.807, 2.05) is 6.92 Å². The van der Waals surface area contributed by atoms with Gasteiger partial charge in [-0.05, 0) is 42.7 Å². The van der Waals surface area contributed by atoms with E-state index < -0.39 is 0 Å². The number of aryl methyl sites for hydroxylation is 2. The molecule has 19 heavy (non-hydrogen) atoms. The van der Waals surface area contributed by atoms with Crippen LogP contribution >= 0.6 is 15.9 Å². The topological polar surface area (TPSA) is 39.1 Å². The van der Waals surface area contributed by atoms with Crippen LogP contribution in [0.4, 0.5) is 0 Å². The van der Waals surface area contributed by atoms with Crippen LogP contribution in [0.25, 0.3) is 0 Å². The Balaban J connectivity index is 2.95. The van der Waals surface area contributed by atoms with Crippen LogP contribution in [0.3, 0.4) is 0 Å². The zero-order valence-electron chi connectivity index (χ0n) is 12.7. The van der Waals surface area contributed by atoms with Gasteiger partial charge < -0.3 is 10.1 Å². The van der Waals surface area contributed by atoms with Crippen LogP contribution < -0.4 is 5.32 Å². The number of likely N-dealkylation sites (N-methyl/N-ethyl adjacent to an activating group) is 1. The van der Waals surface area contributed by atoms with E-state index in [1.165, 1.54) is 5.69 Å². The molecule has 5 heteroatoms. The number of halogens is 1. The van der Waals surface area contributed by atoms with Gasteiger partial charge in [0.15, 0.2) is 0 Å². The quantitative estimate of drug-likeness (QED) is 0.796. The Hall–Kier alpha value is -0.390. The third-order valence-corrected chi connectivity index (χ3v) is 4.52. The van der Waals surface area contributed by atoms with Crippen molar-refractivity contribution in [1.29, 1.82) is 0 Å². The third-order valence-electron chi connectivity index (χ3n) is 3.49. The molecule has 1 aromatic rings. The van der Waals surface area contributed by atoms with E-state index in [4.69, 9.17) is 4.74 Å². The summed E-state index contributed by atoms with van der Waals surface area (Å²) in [6.45, 7) is 10.3. The predicted octanol–water partition coefficient (Wildman–Crippen LogP) is 2.92. The lowest BCUT2D eigenvalue weighted by Gasteiger charge is -2.26. The van der Waals surface area contributed by atoms with Crippen molar-refractivity contribution in [2.75, 3.05) is 13.7 Å². The first kappa shape index (κ1) is 16.7. The maximum absolute atomic E-state index is 5.60. The molecule has 4 nitrogen and oxygen atoms in total. The van der Waals surface area contributed by atoms with Gasteiger partial charge in [0, 0.05) is 26.1 Å². The van der Waals surface area contributed by atoms with E-state index in [-0.39, 0.29) is 6.10 Å². The number of aromatic nitrogens is 2. The molecule has 2 unspecified atom stereocenters. The Morgan fingerprint density at radius 3 is 2.53 bits per heavy atom. The first-order chi connectivity index (χ1) is 9.08. The van der Waals surface area contributed by atoms with Crippen LogP contribution in [0, 0.1) is 6.92 Å². The molecule has 0 bridgehead atoms. The fraction of sp³-hybridized carbons (Fsp3) is 0.786. The zero-order valence-corrected chi connectivity index (χ0v) is 14.2. The van der Waals surface area contributed by atoms with E-state index in [2.05, 4.69) is 51.8 Å². The van der Waals surface area contributed by atoms with Gasteiger partial charge >= 0.3 is 0 Å². The summed E-state index contributed by atoms with van der Waals surface area (Å²) in [5.74, 6) is 0. The van der Waals surface area contributed by atoms with E-state index in [0.717, 1.165) is 36.1 Å². The van der Waals surface area contributed by atoms with E-state index >= 15 is 0 Å². The molecule has 0 aliphatic rings. The SMILES string of the molecule is CCNC(Cc1c(Br)c(C)nn1CC)C(CC)OC. The average molecular weight is 332 g/mol. The van der Waals surface area contributed by atoms with Crippen molar-refractivity contribution in [3.63, 3.8) is 0 Å². The average Bonchev–Trinajstić information content (AvgIpc) is 2.68. The molecule has 2 atom stereocenters. The number of nitrogens with one attached hydrogen (secondary N) is 1. The van der Waals surface area contributed by atoms with Crippen molar-refractivity contribution >= 4 is 15.9 Å². The summed E-state index contributed by atoms with van der Waals surface area (Å²) in [6, 6.07) is 0.317. The van der Waals surface area contributed by atoms with Crippen LogP contribution in [-0.4, -0.2) is 35.6 Å². The maximum atomic E-state index is 5.60. The second-order valence-electron chi connectivity index (χ2n) is 4.71. The summed E-state index contributed by atoms with van der Waals surface area (Å²) in [5, 5.41) is 8.09. The van der Waals surface area contributed by atoms with E-state index in [0.29, 0.717) is 6.04 Å². The monoisotopic (exact) mass is 331 g/mol. The van der Waals surface area contributed by atoms with Crippen LogP contribution in [0.5, 0.6) is 0 Å². The highest BCUT2D eigenvalue weighted by Crippen LogP contribution is 2.23. The maximum Gasteiger partial charge on any atom is 0.0738 e. The Bertz CT molecular complexity index is 388. The molecule has 0 aliphatic carbocycles. The summed E-state index contributed by atoms with van der Waals surface area (Å²) in [7, 11) is 1.79. The number of hydrogen-bond donors (Lipinski definition) is 1. The van der Waals surface area contributed by atoms with Gasteiger partial charge in [-0.15, -0.1) is 0 Å². The molecule has 1 N–H and O–H groups in total. The van der Waals surface area contributed by atoms with Gasteiger partial charge in [-0.3, -0.25) is 4.68 Å². The molecule has 0 aromatic carbocycles. The van der Waals surface area contributed by atoms with Gasteiger partial charge in [-0.25, -0.2) is 0 Å². The van der Waals surface area contributed by atoms with Crippen molar-refractivity contribution in [2.24, 2.45) is 0 Å². The van der Waals surface area contributed by atoms with Crippen LogP contribution in [0.15, 0.2) is 4.47 Å². The molecule has 1 aromatic heterocycles. The normalized spacial score (nSPS) is 14.6. The fourth-order valence-electron chi connectivity index (χ4n) is 2.49. The van der Waals surface area contributed by atoms with Gasteiger partial charge in [0.05, 0.1) is 22.0 Å². The second-order valence-corrected chi connectivity index (χ2v) is 5.51. The molecule has 1 rings (SSSR count). The van der Waals surface area contributed by atoms with Crippen molar-refractivity contribution in [3.05, 3.63) is 15.9 Å². The lowest BCUT2D eigenvalue weighted by Crippen LogP contribution is -2.42. The number of nitrogens with zero attached hydrogens (tertiary/aromatic N) is 2. The largest absolute Gasteiger partial charge is 0.380 e. The summed E-state index contributed by atoms with van der Waals surface area (Å²) >= 11 is 3.66. The number of methoxy groups -OCH3 is 1. The molecule has 0 amide bonds. The van der Waals surface area contributed by atoms with Crippen LogP contribution in [0.1, 0.15) is 38.6 Å². The van der Waals surface area contributed by atoms with E-state index in [1.54, 1.807) is 7.11 Å². The summed E-state index contributed by atoms with van der Waals surface area (Å²) in [6.07, 6.45) is 2.16. The van der Waals surface area contributed by atoms with Crippen molar-refractivity contribution < 1.29 is 4.74 Å². The fourth-order valence-corrected chi connectivity index (χ4v) is 2.93. The van der Waals surface area contributed by atoms with Gasteiger partial charge in [0.1, 0.15) is 0 Å². The van der Waals surface area contributed by atoms with Crippen molar-refractivity contribution in [3.8, 4) is 0 Å². The van der Waals surface area contributed by atoms with Crippen molar-refractivity contribution in [2.45, 2.75) is 59.2 Å². The van der Waals surface area contributed by atoms with Crippen molar-refractivity contribution in [1.82, 2.24) is 15.1 Å². The standard InChI is InChI=1S/C14H26BrN3O/c1-6-13(19-5)11(16-7-2)9-12-14(15)10(4)17-18(12)8-3/h11,13,16H,6-9H2,1-5H3. The highest BCUT2D eigenvalue weighted by Gasteiger charge is 2.23. The minimum absolute atomic E-state index is 0.229. The molecule has 110 valence electrons. The third kappa shape index (κ3) is 4.04. The molecular formula is C14H26BrN3O. The molecule has 1 heterocycles. The van der Waals surface area contributed by atoms with Gasteiger partial charge in [-0.2, -0.15) is 5.10 Å². The minimum Gasteiger partial charge on any atom is -0.380 e.